The van der Waals surface area contributed by atoms with Gasteiger partial charge >= 0.3 is 0 Å². The van der Waals surface area contributed by atoms with Crippen molar-refractivity contribution in [1.82, 2.24) is 10.2 Å². The highest BCUT2D eigenvalue weighted by Gasteiger charge is 2.35. The Kier molecular flexibility index (Phi) is 11.5. The fourth-order valence-corrected chi connectivity index (χ4v) is 7.57. The van der Waals surface area contributed by atoms with Crippen molar-refractivity contribution in [3.05, 3.63) is 135 Å². The second kappa shape index (κ2) is 15.9. The summed E-state index contributed by atoms with van der Waals surface area (Å²) >= 11 is 6.32. The molecule has 1 N–H and O–H groups in total. The minimum absolute atomic E-state index is 0.0194. The number of nitro groups is 1. The minimum Gasteiger partial charge on any atom is -0.352 e. The van der Waals surface area contributed by atoms with Gasteiger partial charge in [0.2, 0.25) is 11.8 Å². The summed E-state index contributed by atoms with van der Waals surface area (Å²) in [5, 5.41) is 15.0. The predicted octanol–water partition coefficient (Wildman–Crippen LogP) is 6.53. The highest BCUT2D eigenvalue weighted by atomic mass is 35.5. The first-order valence-electron chi connectivity index (χ1n) is 15.8. The van der Waals surface area contributed by atoms with Crippen molar-refractivity contribution >= 4 is 44.8 Å². The summed E-state index contributed by atoms with van der Waals surface area (Å²) in [7, 11) is -4.33. The summed E-state index contributed by atoms with van der Waals surface area (Å²) in [4.78, 5) is 40.9. The number of nitro benzene ring substituents is 1. The number of hydrogen-bond acceptors (Lipinski definition) is 6. The highest BCUT2D eigenvalue weighted by Crippen LogP contribution is 2.27. The van der Waals surface area contributed by atoms with Crippen molar-refractivity contribution in [3.63, 3.8) is 0 Å². The molecule has 0 aliphatic heterocycles. The number of halogens is 1. The van der Waals surface area contributed by atoms with Crippen LogP contribution in [0.4, 0.5) is 11.4 Å². The molecular weight excluding hydrogens is 652 g/mol. The van der Waals surface area contributed by atoms with Crippen LogP contribution in [0.5, 0.6) is 0 Å². The lowest BCUT2D eigenvalue weighted by Gasteiger charge is -2.35. The van der Waals surface area contributed by atoms with E-state index in [0.29, 0.717) is 10.6 Å². The van der Waals surface area contributed by atoms with Crippen molar-refractivity contribution < 1.29 is 22.9 Å². The Labute approximate surface area is 285 Å². The van der Waals surface area contributed by atoms with Crippen LogP contribution in [0, 0.1) is 10.1 Å². The number of sulfonamides is 1. The van der Waals surface area contributed by atoms with Gasteiger partial charge in [0, 0.05) is 36.2 Å². The van der Waals surface area contributed by atoms with E-state index in [1.807, 2.05) is 30.3 Å². The molecule has 250 valence electrons. The molecule has 0 radical (unpaired) electrons. The van der Waals surface area contributed by atoms with Crippen molar-refractivity contribution in [2.75, 3.05) is 10.8 Å². The molecule has 0 saturated heterocycles. The first kappa shape index (κ1) is 34.6. The normalized spacial score (nSPS) is 14.1. The van der Waals surface area contributed by atoms with Crippen LogP contribution < -0.4 is 9.62 Å². The Morgan fingerprint density at radius 2 is 1.48 bits per heavy atom. The lowest BCUT2D eigenvalue weighted by atomic mass is 9.94. The Hall–Kier alpha value is -4.74. The van der Waals surface area contributed by atoms with E-state index < -0.39 is 33.4 Å². The predicted molar refractivity (Wildman–Crippen MR) is 185 cm³/mol. The molecule has 1 aliphatic carbocycles. The zero-order chi connectivity index (χ0) is 34.1. The fourth-order valence-electron chi connectivity index (χ4n) is 5.92. The van der Waals surface area contributed by atoms with E-state index in [1.165, 1.54) is 41.3 Å². The summed E-state index contributed by atoms with van der Waals surface area (Å²) in [6.07, 6.45) is 4.98. The number of amides is 2. The van der Waals surface area contributed by atoms with E-state index in [1.54, 1.807) is 42.5 Å². The summed E-state index contributed by atoms with van der Waals surface area (Å²) < 4.78 is 29.1. The first-order valence-corrected chi connectivity index (χ1v) is 17.6. The van der Waals surface area contributed by atoms with E-state index >= 15 is 0 Å². The molecule has 1 saturated carbocycles. The maximum absolute atomic E-state index is 14.6. The number of carbonyl (C=O) groups is 2. The molecule has 0 bridgehead atoms. The summed E-state index contributed by atoms with van der Waals surface area (Å²) in [6.45, 7) is -0.688. The number of benzene rings is 4. The third-order valence-corrected chi connectivity index (χ3v) is 10.4. The Morgan fingerprint density at radius 1 is 0.854 bits per heavy atom. The molecule has 0 spiro atoms. The second-order valence-electron chi connectivity index (χ2n) is 11.8. The molecule has 2 amide bonds. The van der Waals surface area contributed by atoms with Crippen LogP contribution in [0.1, 0.15) is 43.2 Å². The average Bonchev–Trinajstić information content (AvgIpc) is 3.10. The van der Waals surface area contributed by atoms with Gasteiger partial charge in [0.05, 0.1) is 15.5 Å². The van der Waals surface area contributed by atoms with Gasteiger partial charge in [-0.05, 0) is 60.4 Å². The van der Waals surface area contributed by atoms with Gasteiger partial charge in [0.15, 0.2) is 0 Å². The topological polar surface area (TPSA) is 130 Å². The zero-order valence-electron chi connectivity index (χ0n) is 26.3. The molecule has 0 unspecified atom stereocenters. The van der Waals surface area contributed by atoms with Crippen LogP contribution in [0.2, 0.25) is 5.02 Å². The Morgan fingerprint density at radius 3 is 2.10 bits per heavy atom. The molecular formula is C36H37ClN4O6S. The third-order valence-electron chi connectivity index (χ3n) is 8.42. The lowest BCUT2D eigenvalue weighted by molar-refractivity contribution is -0.384. The third kappa shape index (κ3) is 8.78. The van der Waals surface area contributed by atoms with Crippen molar-refractivity contribution in [2.24, 2.45) is 0 Å². The molecule has 12 heteroatoms. The Bertz CT molecular complexity index is 1820. The molecule has 4 aromatic carbocycles. The number of hydrogen-bond donors (Lipinski definition) is 1. The smallest absolute Gasteiger partial charge is 0.269 e. The minimum atomic E-state index is -4.33. The molecule has 4 aromatic rings. The van der Waals surface area contributed by atoms with Crippen LogP contribution in [-0.4, -0.2) is 48.7 Å². The van der Waals surface area contributed by atoms with E-state index in [4.69, 9.17) is 11.6 Å². The zero-order valence-corrected chi connectivity index (χ0v) is 27.9. The van der Waals surface area contributed by atoms with Gasteiger partial charge in [0.1, 0.15) is 12.6 Å². The number of nitrogens with zero attached hydrogens (tertiary/aromatic N) is 3. The SMILES string of the molecule is O=C(NC1CCCCC1)[C@@H](Cc1ccccc1)N(Cc1cccc(Cl)c1)C(=O)CN(c1ccc([N+](=O)[O-])cc1)S(=O)(=O)c1ccccc1. The van der Waals surface area contributed by atoms with Gasteiger partial charge in [-0.15, -0.1) is 0 Å². The number of carbonyl (C=O) groups excluding carboxylic acids is 2. The number of anilines is 1. The van der Waals surface area contributed by atoms with Crippen LogP contribution in [0.25, 0.3) is 0 Å². The van der Waals surface area contributed by atoms with Gasteiger partial charge in [-0.1, -0.05) is 91.5 Å². The summed E-state index contributed by atoms with van der Waals surface area (Å²) in [5.74, 6) is -0.957. The van der Waals surface area contributed by atoms with Crippen LogP contribution in [0.15, 0.2) is 114 Å². The number of non-ortho nitro benzene ring substituents is 1. The largest absolute Gasteiger partial charge is 0.352 e. The standard InChI is InChI=1S/C36H37ClN4O6S/c37-29-14-10-13-28(23-29)25-39(34(24-27-11-4-1-5-12-27)36(43)38-30-15-6-2-7-16-30)35(42)26-40(31-19-21-32(22-20-31)41(44)45)48(46,47)33-17-8-3-9-18-33/h1,3-5,8-14,17-23,30,34H,2,6-7,15-16,24-26H2,(H,38,43)/t34-/m1/s1. The van der Waals surface area contributed by atoms with Gasteiger partial charge in [0.25, 0.3) is 15.7 Å². The molecule has 10 nitrogen and oxygen atoms in total. The lowest BCUT2D eigenvalue weighted by Crippen LogP contribution is -2.55. The highest BCUT2D eigenvalue weighted by molar-refractivity contribution is 7.92. The van der Waals surface area contributed by atoms with E-state index in [0.717, 1.165) is 42.0 Å². The Balaban J connectivity index is 1.57. The first-order chi connectivity index (χ1) is 23.1. The van der Waals surface area contributed by atoms with Crippen LogP contribution in [-0.2, 0) is 32.6 Å². The van der Waals surface area contributed by atoms with Crippen LogP contribution >= 0.6 is 11.6 Å². The van der Waals surface area contributed by atoms with E-state index in [-0.39, 0.29) is 41.2 Å². The fraction of sp³-hybridized carbons (Fsp3) is 0.278. The second-order valence-corrected chi connectivity index (χ2v) is 14.1. The van der Waals surface area contributed by atoms with Gasteiger partial charge in [-0.25, -0.2) is 8.42 Å². The maximum Gasteiger partial charge on any atom is 0.269 e. The van der Waals surface area contributed by atoms with Crippen LogP contribution in [0.3, 0.4) is 0 Å². The molecule has 1 fully saturated rings. The quantitative estimate of drug-likeness (QED) is 0.126. The molecule has 0 aromatic heterocycles. The van der Waals surface area contributed by atoms with Gasteiger partial charge in [-0.2, -0.15) is 0 Å². The van der Waals surface area contributed by atoms with Crippen molar-refractivity contribution in [1.29, 1.82) is 0 Å². The molecule has 1 aliphatic rings. The van der Waals surface area contributed by atoms with Gasteiger partial charge in [-0.3, -0.25) is 24.0 Å². The van der Waals surface area contributed by atoms with E-state index in [2.05, 4.69) is 5.32 Å². The number of rotatable bonds is 13. The monoisotopic (exact) mass is 688 g/mol. The average molecular weight is 689 g/mol. The van der Waals surface area contributed by atoms with E-state index in [9.17, 15) is 28.1 Å². The number of nitrogens with one attached hydrogen (secondary N) is 1. The molecule has 0 heterocycles. The molecule has 48 heavy (non-hydrogen) atoms. The molecule has 5 rings (SSSR count). The van der Waals surface area contributed by atoms with Crippen molar-refractivity contribution in [2.45, 2.75) is 62.0 Å². The summed E-state index contributed by atoms with van der Waals surface area (Å²) in [5.41, 5.74) is 1.32. The molecule has 1 atom stereocenters. The van der Waals surface area contributed by atoms with Gasteiger partial charge < -0.3 is 10.2 Å². The van der Waals surface area contributed by atoms with Crippen molar-refractivity contribution in [3.8, 4) is 0 Å². The maximum atomic E-state index is 14.6. The summed E-state index contributed by atoms with van der Waals surface area (Å²) in [6, 6.07) is 27.9.